The molecular formula is C17H28IN3O. The van der Waals surface area contributed by atoms with Crippen molar-refractivity contribution in [3.05, 3.63) is 35.4 Å². The summed E-state index contributed by atoms with van der Waals surface area (Å²) in [5, 5.41) is 6.73. The predicted octanol–water partition coefficient (Wildman–Crippen LogP) is 2.89. The molecule has 2 rings (SSSR count). The third kappa shape index (κ3) is 6.12. The highest BCUT2D eigenvalue weighted by Crippen LogP contribution is 2.23. The first-order chi connectivity index (χ1) is 10.1. The van der Waals surface area contributed by atoms with Gasteiger partial charge < -0.3 is 15.4 Å². The molecular weight excluding hydrogens is 389 g/mol. The molecule has 22 heavy (non-hydrogen) atoms. The van der Waals surface area contributed by atoms with Crippen LogP contribution < -0.4 is 10.6 Å². The van der Waals surface area contributed by atoms with Gasteiger partial charge in [-0.05, 0) is 38.7 Å². The normalized spacial score (nSPS) is 21.3. The minimum atomic E-state index is -0.0475. The van der Waals surface area contributed by atoms with E-state index in [4.69, 9.17) is 4.74 Å². The Morgan fingerprint density at radius 2 is 2.18 bits per heavy atom. The fourth-order valence-electron chi connectivity index (χ4n) is 2.66. The molecule has 0 saturated carbocycles. The van der Waals surface area contributed by atoms with Gasteiger partial charge in [-0.3, -0.25) is 4.99 Å². The van der Waals surface area contributed by atoms with E-state index in [0.717, 1.165) is 44.9 Å². The summed E-state index contributed by atoms with van der Waals surface area (Å²) in [5.41, 5.74) is 2.61. The van der Waals surface area contributed by atoms with Gasteiger partial charge in [-0.2, -0.15) is 0 Å². The Bertz CT molecular complexity index is 485. The topological polar surface area (TPSA) is 45.7 Å². The maximum Gasteiger partial charge on any atom is 0.191 e. The molecule has 0 aliphatic carbocycles. The van der Waals surface area contributed by atoms with Gasteiger partial charge >= 0.3 is 0 Å². The second kappa shape index (κ2) is 9.35. The highest BCUT2D eigenvalue weighted by molar-refractivity contribution is 14.0. The van der Waals surface area contributed by atoms with E-state index in [0.29, 0.717) is 0 Å². The lowest BCUT2D eigenvalue weighted by Crippen LogP contribution is -2.45. The van der Waals surface area contributed by atoms with Crippen molar-refractivity contribution in [1.29, 1.82) is 0 Å². The molecule has 1 saturated heterocycles. The third-order valence-corrected chi connectivity index (χ3v) is 3.94. The lowest BCUT2D eigenvalue weighted by molar-refractivity contribution is 0.0243. The van der Waals surface area contributed by atoms with Crippen LogP contribution in [-0.2, 0) is 11.2 Å². The number of guanidine groups is 1. The van der Waals surface area contributed by atoms with Gasteiger partial charge in [0.1, 0.15) is 0 Å². The van der Waals surface area contributed by atoms with Gasteiger partial charge in [-0.1, -0.05) is 29.8 Å². The largest absolute Gasteiger partial charge is 0.373 e. The zero-order valence-electron chi connectivity index (χ0n) is 13.8. The molecule has 1 fully saturated rings. The lowest BCUT2D eigenvalue weighted by atomic mass is 10.0. The van der Waals surface area contributed by atoms with Crippen LogP contribution in [0.1, 0.15) is 30.9 Å². The van der Waals surface area contributed by atoms with Gasteiger partial charge in [0.25, 0.3) is 0 Å². The fourth-order valence-corrected chi connectivity index (χ4v) is 2.66. The minimum absolute atomic E-state index is 0. The monoisotopic (exact) mass is 417 g/mol. The summed E-state index contributed by atoms with van der Waals surface area (Å²) < 4.78 is 5.78. The van der Waals surface area contributed by atoms with Crippen LogP contribution in [0.3, 0.4) is 0 Å². The molecule has 1 atom stereocenters. The molecule has 1 heterocycles. The first-order valence-corrected chi connectivity index (χ1v) is 7.75. The zero-order chi connectivity index (χ0) is 15.1. The second-order valence-corrected chi connectivity index (χ2v) is 5.99. The van der Waals surface area contributed by atoms with Crippen LogP contribution in [-0.4, -0.2) is 38.3 Å². The number of benzene rings is 1. The number of rotatable bonds is 5. The van der Waals surface area contributed by atoms with E-state index in [1.165, 1.54) is 11.1 Å². The van der Waals surface area contributed by atoms with E-state index in [1.807, 2.05) is 0 Å². The fraction of sp³-hybridized carbons (Fsp3) is 0.588. The molecule has 124 valence electrons. The lowest BCUT2D eigenvalue weighted by Gasteiger charge is -2.24. The molecule has 2 N–H and O–H groups in total. The van der Waals surface area contributed by atoms with Gasteiger partial charge in [-0.25, -0.2) is 0 Å². The molecule has 1 aromatic carbocycles. The molecule has 1 aromatic rings. The van der Waals surface area contributed by atoms with Crippen molar-refractivity contribution in [1.82, 2.24) is 10.6 Å². The van der Waals surface area contributed by atoms with Crippen LogP contribution in [0.5, 0.6) is 0 Å². The first-order valence-electron chi connectivity index (χ1n) is 7.75. The summed E-state index contributed by atoms with van der Waals surface area (Å²) in [4.78, 5) is 4.27. The third-order valence-electron chi connectivity index (χ3n) is 3.94. The number of aliphatic imine (C=N–C) groups is 1. The Morgan fingerprint density at radius 1 is 1.36 bits per heavy atom. The van der Waals surface area contributed by atoms with Crippen LogP contribution in [0.15, 0.2) is 29.3 Å². The van der Waals surface area contributed by atoms with Crippen molar-refractivity contribution in [2.24, 2.45) is 4.99 Å². The van der Waals surface area contributed by atoms with E-state index in [-0.39, 0.29) is 29.6 Å². The van der Waals surface area contributed by atoms with Gasteiger partial charge in [0.05, 0.1) is 5.60 Å². The predicted molar refractivity (Wildman–Crippen MR) is 103 cm³/mol. The molecule has 1 unspecified atom stereocenters. The Labute approximate surface area is 151 Å². The van der Waals surface area contributed by atoms with Crippen LogP contribution in [0.2, 0.25) is 0 Å². The Balaban J connectivity index is 0.00000242. The molecule has 1 aliphatic heterocycles. The Hall–Kier alpha value is -0.820. The molecule has 4 nitrogen and oxygen atoms in total. The Morgan fingerprint density at radius 3 is 2.82 bits per heavy atom. The van der Waals surface area contributed by atoms with Crippen molar-refractivity contribution in [2.75, 3.05) is 26.7 Å². The summed E-state index contributed by atoms with van der Waals surface area (Å²) >= 11 is 0. The van der Waals surface area contributed by atoms with Crippen LogP contribution >= 0.6 is 24.0 Å². The number of halogens is 1. The van der Waals surface area contributed by atoms with Crippen molar-refractivity contribution in [3.8, 4) is 0 Å². The number of hydrogen-bond donors (Lipinski definition) is 2. The van der Waals surface area contributed by atoms with Crippen molar-refractivity contribution in [3.63, 3.8) is 0 Å². The van der Waals surface area contributed by atoms with Gasteiger partial charge in [0, 0.05) is 26.7 Å². The maximum absolute atomic E-state index is 5.78. The van der Waals surface area contributed by atoms with Crippen LogP contribution in [0, 0.1) is 6.92 Å². The summed E-state index contributed by atoms with van der Waals surface area (Å²) in [6, 6.07) is 8.62. The van der Waals surface area contributed by atoms with Crippen LogP contribution in [0.25, 0.3) is 0 Å². The standard InChI is InChI=1S/C17H27N3O.HI/c1-14-6-4-7-15(12-14)8-10-19-16(18-3)20-13-17(2)9-5-11-21-17;/h4,6-7,12H,5,8-11,13H2,1-3H3,(H2,18,19,20);1H. The number of ether oxygens (including phenoxy) is 1. The average molecular weight is 417 g/mol. The quantitative estimate of drug-likeness (QED) is 0.440. The first kappa shape index (κ1) is 19.2. The van der Waals surface area contributed by atoms with Crippen molar-refractivity contribution < 1.29 is 4.74 Å². The molecule has 1 aliphatic rings. The molecule has 0 spiro atoms. The highest BCUT2D eigenvalue weighted by Gasteiger charge is 2.29. The average Bonchev–Trinajstić information content (AvgIpc) is 2.90. The minimum Gasteiger partial charge on any atom is -0.373 e. The van der Waals surface area contributed by atoms with E-state index in [1.54, 1.807) is 7.05 Å². The summed E-state index contributed by atoms with van der Waals surface area (Å²) in [6.45, 7) is 6.84. The van der Waals surface area contributed by atoms with Crippen LogP contribution in [0.4, 0.5) is 0 Å². The maximum atomic E-state index is 5.78. The zero-order valence-corrected chi connectivity index (χ0v) is 16.1. The van der Waals surface area contributed by atoms with Gasteiger partial charge in [0.2, 0.25) is 0 Å². The smallest absolute Gasteiger partial charge is 0.191 e. The van der Waals surface area contributed by atoms with E-state index < -0.39 is 0 Å². The summed E-state index contributed by atoms with van der Waals surface area (Å²) in [5.74, 6) is 0.847. The second-order valence-electron chi connectivity index (χ2n) is 5.99. The molecule has 0 amide bonds. The summed E-state index contributed by atoms with van der Waals surface area (Å²) in [7, 11) is 1.81. The SMILES string of the molecule is CN=C(NCCc1cccc(C)c1)NCC1(C)CCCO1.I. The van der Waals surface area contributed by atoms with Crippen molar-refractivity contribution in [2.45, 2.75) is 38.7 Å². The Kier molecular flexibility index (Phi) is 8.17. The molecule has 0 aromatic heterocycles. The number of nitrogens with one attached hydrogen (secondary N) is 2. The van der Waals surface area contributed by atoms with Gasteiger partial charge in [0.15, 0.2) is 5.96 Å². The molecule has 5 heteroatoms. The van der Waals surface area contributed by atoms with E-state index >= 15 is 0 Å². The number of nitrogens with zero attached hydrogens (tertiary/aromatic N) is 1. The van der Waals surface area contributed by atoms with E-state index in [2.05, 4.69) is 53.7 Å². The van der Waals surface area contributed by atoms with Crippen molar-refractivity contribution >= 4 is 29.9 Å². The number of aryl methyl sites for hydroxylation is 1. The van der Waals surface area contributed by atoms with E-state index in [9.17, 15) is 0 Å². The molecule has 0 radical (unpaired) electrons. The summed E-state index contributed by atoms with van der Waals surface area (Å²) in [6.07, 6.45) is 3.26. The number of hydrogen-bond acceptors (Lipinski definition) is 2. The van der Waals surface area contributed by atoms with Gasteiger partial charge in [-0.15, -0.1) is 24.0 Å². The highest BCUT2D eigenvalue weighted by atomic mass is 127. The molecule has 0 bridgehead atoms.